The van der Waals surface area contributed by atoms with Crippen molar-refractivity contribution < 1.29 is 9.59 Å². The molecule has 1 aliphatic rings. The van der Waals surface area contributed by atoms with Crippen molar-refractivity contribution in [3.8, 4) is 0 Å². The minimum Gasteiger partial charge on any atom is -0.339 e. The summed E-state index contributed by atoms with van der Waals surface area (Å²) in [5, 5.41) is 0.557. The van der Waals surface area contributed by atoms with Gasteiger partial charge in [0.15, 0.2) is 0 Å². The molecule has 28 heavy (non-hydrogen) atoms. The van der Waals surface area contributed by atoms with Crippen LogP contribution in [0.25, 0.3) is 10.9 Å². The van der Waals surface area contributed by atoms with E-state index in [9.17, 15) is 14.4 Å². The van der Waals surface area contributed by atoms with Crippen LogP contribution in [0.15, 0.2) is 29.1 Å². The average molecular weight is 385 g/mol. The number of likely N-dealkylation sites (N-methyl/N-ethyl adjacent to an activating group) is 1. The molecule has 2 amide bonds. The number of nitrogens with zero attached hydrogens (tertiary/aromatic N) is 4. The molecule has 0 radical (unpaired) electrons. The number of fused-ring (bicyclic) bond motifs is 1. The third-order valence-corrected chi connectivity index (χ3v) is 5.36. The number of carbonyl (C=O) groups excluding carboxylic acids is 2. The molecule has 1 atom stereocenters. The SMILES string of the molecule is CCN(Cc1nc2ccccc2c(=O)[nH]1)C(C)C(=O)N1CCN(C(C)=O)CC1. The summed E-state index contributed by atoms with van der Waals surface area (Å²) < 4.78 is 0. The quantitative estimate of drug-likeness (QED) is 0.823. The van der Waals surface area contributed by atoms with Crippen molar-refractivity contribution in [2.75, 3.05) is 32.7 Å². The van der Waals surface area contributed by atoms with Gasteiger partial charge in [0, 0.05) is 33.1 Å². The molecule has 3 rings (SSSR count). The molecular formula is C20H27N5O3. The van der Waals surface area contributed by atoms with Gasteiger partial charge in [-0.05, 0) is 25.6 Å². The molecule has 1 saturated heterocycles. The van der Waals surface area contributed by atoms with Crippen LogP contribution in [0.5, 0.6) is 0 Å². The third-order valence-electron chi connectivity index (χ3n) is 5.36. The van der Waals surface area contributed by atoms with Gasteiger partial charge in [0.25, 0.3) is 5.56 Å². The topological polar surface area (TPSA) is 89.6 Å². The van der Waals surface area contributed by atoms with E-state index in [0.717, 1.165) is 0 Å². The Hall–Kier alpha value is -2.74. The minimum absolute atomic E-state index is 0.0354. The zero-order valence-electron chi connectivity index (χ0n) is 16.6. The Kier molecular flexibility index (Phi) is 6.08. The van der Waals surface area contributed by atoms with Gasteiger partial charge in [-0.2, -0.15) is 0 Å². The number of para-hydroxylation sites is 1. The number of hydrogen-bond acceptors (Lipinski definition) is 5. The van der Waals surface area contributed by atoms with Crippen LogP contribution in [-0.4, -0.2) is 75.2 Å². The van der Waals surface area contributed by atoms with Gasteiger partial charge in [-0.1, -0.05) is 19.1 Å². The van der Waals surface area contributed by atoms with E-state index in [4.69, 9.17) is 0 Å². The van der Waals surface area contributed by atoms with E-state index in [1.54, 1.807) is 17.9 Å². The zero-order valence-corrected chi connectivity index (χ0v) is 16.6. The van der Waals surface area contributed by atoms with Crippen molar-refractivity contribution in [1.82, 2.24) is 24.7 Å². The number of aromatic nitrogens is 2. The zero-order chi connectivity index (χ0) is 20.3. The van der Waals surface area contributed by atoms with Gasteiger partial charge in [0.05, 0.1) is 23.5 Å². The highest BCUT2D eigenvalue weighted by Crippen LogP contribution is 2.12. The number of nitrogens with one attached hydrogen (secondary N) is 1. The summed E-state index contributed by atoms with van der Waals surface area (Å²) in [6, 6.07) is 6.88. The number of aromatic amines is 1. The lowest BCUT2D eigenvalue weighted by Gasteiger charge is -2.37. The van der Waals surface area contributed by atoms with Gasteiger partial charge in [-0.25, -0.2) is 4.98 Å². The van der Waals surface area contributed by atoms with Crippen molar-refractivity contribution in [2.24, 2.45) is 0 Å². The first-order valence-corrected chi connectivity index (χ1v) is 9.67. The van der Waals surface area contributed by atoms with Crippen LogP contribution in [-0.2, 0) is 16.1 Å². The third kappa shape index (κ3) is 4.22. The molecule has 1 fully saturated rings. The molecule has 1 N–H and O–H groups in total. The van der Waals surface area contributed by atoms with E-state index in [2.05, 4.69) is 9.97 Å². The molecule has 0 aliphatic carbocycles. The Morgan fingerprint density at radius 1 is 1.18 bits per heavy atom. The van der Waals surface area contributed by atoms with Crippen LogP contribution >= 0.6 is 0 Å². The first-order valence-electron chi connectivity index (χ1n) is 9.67. The normalized spacial score (nSPS) is 15.9. The van der Waals surface area contributed by atoms with E-state index in [-0.39, 0.29) is 23.4 Å². The Bertz CT molecular complexity index is 917. The maximum atomic E-state index is 12.9. The van der Waals surface area contributed by atoms with Gasteiger partial charge in [0.1, 0.15) is 5.82 Å². The molecule has 8 heteroatoms. The van der Waals surface area contributed by atoms with Crippen molar-refractivity contribution in [1.29, 1.82) is 0 Å². The summed E-state index contributed by atoms with van der Waals surface area (Å²) in [6.45, 7) is 8.68. The van der Waals surface area contributed by atoms with Gasteiger partial charge in [-0.3, -0.25) is 19.3 Å². The van der Waals surface area contributed by atoms with E-state index < -0.39 is 0 Å². The Labute approximate surface area is 164 Å². The van der Waals surface area contributed by atoms with Crippen LogP contribution in [0.2, 0.25) is 0 Å². The highest BCUT2D eigenvalue weighted by molar-refractivity contribution is 5.82. The van der Waals surface area contributed by atoms with Crippen LogP contribution in [0, 0.1) is 0 Å². The molecule has 2 aromatic rings. The monoisotopic (exact) mass is 385 g/mol. The van der Waals surface area contributed by atoms with E-state index >= 15 is 0 Å². The summed E-state index contributed by atoms with van der Waals surface area (Å²) in [6.07, 6.45) is 0. The second-order valence-corrected chi connectivity index (χ2v) is 7.10. The lowest BCUT2D eigenvalue weighted by atomic mass is 10.2. The number of benzene rings is 1. The molecule has 0 spiro atoms. The van der Waals surface area contributed by atoms with Crippen LogP contribution < -0.4 is 5.56 Å². The van der Waals surface area contributed by atoms with Crippen molar-refractivity contribution in [3.05, 3.63) is 40.4 Å². The molecule has 1 aliphatic heterocycles. The van der Waals surface area contributed by atoms with Crippen LogP contribution in [0.3, 0.4) is 0 Å². The molecular weight excluding hydrogens is 358 g/mol. The first kappa shape index (κ1) is 20.0. The number of hydrogen-bond donors (Lipinski definition) is 1. The van der Waals surface area contributed by atoms with Gasteiger partial charge in [0.2, 0.25) is 11.8 Å². The first-order chi connectivity index (χ1) is 13.4. The summed E-state index contributed by atoms with van der Waals surface area (Å²) >= 11 is 0. The summed E-state index contributed by atoms with van der Waals surface area (Å²) in [5.74, 6) is 0.626. The number of carbonyl (C=O) groups is 2. The second-order valence-electron chi connectivity index (χ2n) is 7.10. The second kappa shape index (κ2) is 8.52. The van der Waals surface area contributed by atoms with Crippen LogP contribution in [0.1, 0.15) is 26.6 Å². The molecule has 8 nitrogen and oxygen atoms in total. The van der Waals surface area contributed by atoms with Gasteiger partial charge >= 0.3 is 0 Å². The fraction of sp³-hybridized carbons (Fsp3) is 0.500. The lowest BCUT2D eigenvalue weighted by Crippen LogP contribution is -2.54. The summed E-state index contributed by atoms with van der Waals surface area (Å²) in [4.78, 5) is 49.6. The highest BCUT2D eigenvalue weighted by atomic mass is 16.2. The van der Waals surface area contributed by atoms with E-state index in [1.165, 1.54) is 0 Å². The predicted octanol–water partition coefficient (Wildman–Crippen LogP) is 0.824. The number of H-pyrrole nitrogens is 1. The number of amides is 2. The molecule has 1 aromatic carbocycles. The Morgan fingerprint density at radius 3 is 2.46 bits per heavy atom. The van der Waals surface area contributed by atoms with E-state index in [1.807, 2.05) is 41.8 Å². The maximum absolute atomic E-state index is 12.9. The number of rotatable bonds is 5. The van der Waals surface area contributed by atoms with Crippen LogP contribution in [0.4, 0.5) is 0 Å². The van der Waals surface area contributed by atoms with Crippen molar-refractivity contribution >= 4 is 22.7 Å². The van der Waals surface area contributed by atoms with Crippen molar-refractivity contribution in [3.63, 3.8) is 0 Å². The molecule has 0 bridgehead atoms. The largest absolute Gasteiger partial charge is 0.339 e. The molecule has 1 unspecified atom stereocenters. The van der Waals surface area contributed by atoms with Gasteiger partial charge < -0.3 is 14.8 Å². The molecule has 150 valence electrons. The fourth-order valence-electron chi connectivity index (χ4n) is 3.59. The maximum Gasteiger partial charge on any atom is 0.258 e. The van der Waals surface area contributed by atoms with Crippen molar-refractivity contribution in [2.45, 2.75) is 33.4 Å². The Balaban J connectivity index is 1.70. The van der Waals surface area contributed by atoms with Gasteiger partial charge in [-0.15, -0.1) is 0 Å². The standard InChI is InChI=1S/C20H27N5O3/c1-4-23(13-18-21-17-8-6-5-7-16(17)19(27)22-18)14(2)20(28)25-11-9-24(10-12-25)15(3)26/h5-8,14H,4,9-13H2,1-3H3,(H,21,22,27). The lowest BCUT2D eigenvalue weighted by molar-refractivity contribution is -0.142. The average Bonchev–Trinajstić information content (AvgIpc) is 2.71. The molecule has 2 heterocycles. The summed E-state index contributed by atoms with van der Waals surface area (Å²) in [7, 11) is 0. The minimum atomic E-state index is -0.342. The Morgan fingerprint density at radius 2 is 1.82 bits per heavy atom. The molecule has 0 saturated carbocycles. The smallest absolute Gasteiger partial charge is 0.258 e. The summed E-state index contributed by atoms with van der Waals surface area (Å²) in [5.41, 5.74) is 0.479. The predicted molar refractivity (Wildman–Crippen MR) is 107 cm³/mol. The molecule has 1 aromatic heterocycles. The number of piperazine rings is 1. The van der Waals surface area contributed by atoms with E-state index in [0.29, 0.717) is 56.0 Å². The highest BCUT2D eigenvalue weighted by Gasteiger charge is 2.29. The fourth-order valence-corrected chi connectivity index (χ4v) is 3.59.